The summed E-state index contributed by atoms with van der Waals surface area (Å²) in [4.78, 5) is 122. The van der Waals surface area contributed by atoms with Gasteiger partial charge in [-0.25, -0.2) is 0 Å². The Bertz CT molecular complexity index is 3310. The maximum absolute atomic E-state index is 14.9. The Morgan fingerprint density at radius 2 is 1.47 bits per heavy atom. The van der Waals surface area contributed by atoms with Crippen molar-refractivity contribution >= 4 is 61.2 Å². The van der Waals surface area contributed by atoms with Gasteiger partial charge in [-0.15, -0.1) is 0 Å². The lowest BCUT2D eigenvalue weighted by molar-refractivity contribution is -0.160. The Kier molecular flexibility index (Phi) is 24.8. The van der Waals surface area contributed by atoms with Crippen molar-refractivity contribution in [1.82, 2.24) is 9.80 Å². The number of carbonyl (C=O) groups excluding carboxylic acids is 5. The summed E-state index contributed by atoms with van der Waals surface area (Å²) in [6.45, 7) is 26.6. The summed E-state index contributed by atoms with van der Waals surface area (Å²) in [6.07, 6.45) is 6.08. The number of aliphatic hydroxyl groups is 1. The number of Topliss-reactive ketones (excluding diaryl/α,β-unsaturated/α-hetero) is 1. The molecule has 5 aliphatic rings. The van der Waals surface area contributed by atoms with Crippen LogP contribution in [0.2, 0.25) is 0 Å². The van der Waals surface area contributed by atoms with Crippen LogP contribution < -0.4 is 20.8 Å². The molecule has 5 aliphatic heterocycles. The summed E-state index contributed by atoms with van der Waals surface area (Å²) < 4.78 is 58.5. The fraction of sp³-hybridized carbons (Fsp3) is 0.635. The summed E-state index contributed by atoms with van der Waals surface area (Å²) in [7, 11) is -10.4. The number of nitrogens with one attached hydrogen (secondary N) is 1. The highest BCUT2D eigenvalue weighted by Gasteiger charge is 2.50. The molecule has 5 heterocycles. The Morgan fingerprint density at radius 3 is 2.09 bits per heavy atom. The number of benzene rings is 2. The van der Waals surface area contributed by atoms with E-state index < -0.39 is 116 Å². The molecule has 1 fully saturated rings. The van der Waals surface area contributed by atoms with Gasteiger partial charge in [0.15, 0.2) is 16.8 Å². The number of phenolic OH excluding ortho intramolecular Hbond substituents is 2. The Labute approximate surface area is 526 Å². The number of piperidine rings is 1. The Morgan fingerprint density at radius 1 is 0.833 bits per heavy atom. The van der Waals surface area contributed by atoms with Gasteiger partial charge in [-0.3, -0.25) is 48.0 Å². The first-order chi connectivity index (χ1) is 42.0. The van der Waals surface area contributed by atoms with Crippen LogP contribution in [0.5, 0.6) is 17.2 Å². The highest BCUT2D eigenvalue weighted by atomic mass is 31.2. The molecule has 1 spiro atoms. The number of amides is 1. The van der Waals surface area contributed by atoms with Crippen LogP contribution in [0.4, 0.5) is 5.69 Å². The van der Waals surface area contributed by atoms with E-state index in [1.807, 2.05) is 27.7 Å². The second-order valence-corrected chi connectivity index (χ2v) is 29.2. The molecule has 0 radical (unpaired) electrons. The monoisotopic (exact) mass is 1300 g/mol. The number of likely N-dealkylation sites (tertiary alicyclic amines) is 1. The number of carbonyl (C=O) groups is 5. The summed E-state index contributed by atoms with van der Waals surface area (Å²) in [5, 5.41) is 37.6. The quantitative estimate of drug-likeness (QED) is 0.0107. The van der Waals surface area contributed by atoms with E-state index in [1.165, 1.54) is 31.1 Å². The number of ether oxygens (including phenoxy) is 6. The molecule has 0 aliphatic carbocycles. The number of fused-ring (bicyclic) bond motifs is 13. The van der Waals surface area contributed by atoms with E-state index in [2.05, 4.69) is 30.6 Å². The molecule has 1 saturated heterocycles. The van der Waals surface area contributed by atoms with Gasteiger partial charge in [0.25, 0.3) is 11.7 Å². The van der Waals surface area contributed by atoms with Gasteiger partial charge in [-0.2, -0.15) is 0 Å². The molecular formula is C63H93N5O20P2. The van der Waals surface area contributed by atoms with E-state index >= 15 is 0 Å². The summed E-state index contributed by atoms with van der Waals surface area (Å²) in [6, 6.07) is 0. The fourth-order valence-corrected chi connectivity index (χ4v) is 14.5. The third kappa shape index (κ3) is 17.8. The number of esters is 3. The van der Waals surface area contributed by atoms with Gasteiger partial charge in [0, 0.05) is 80.7 Å². The minimum Gasteiger partial charge on any atom is -0.507 e. The largest absolute Gasteiger partial charge is 0.507 e. The number of aromatic hydroxyl groups is 2. The second-order valence-electron chi connectivity index (χ2n) is 25.2. The normalized spacial score (nSPS) is 26.2. The molecule has 8 N–H and O–H groups in total. The van der Waals surface area contributed by atoms with Gasteiger partial charge >= 0.3 is 38.9 Å². The van der Waals surface area contributed by atoms with Gasteiger partial charge in [0.1, 0.15) is 35.3 Å². The van der Waals surface area contributed by atoms with E-state index in [9.17, 15) is 68.0 Å². The third-order valence-corrected chi connectivity index (χ3v) is 21.9. The van der Waals surface area contributed by atoms with E-state index in [4.69, 9.17) is 38.4 Å². The average Bonchev–Trinajstić information content (AvgIpc) is 1.52. The fourth-order valence-electron chi connectivity index (χ4n) is 11.9. The van der Waals surface area contributed by atoms with Crippen molar-refractivity contribution in [3.8, 4) is 17.2 Å². The molecule has 2 aromatic carbocycles. The molecule has 5 bridgehead atoms. The van der Waals surface area contributed by atoms with Crippen LogP contribution in [0.25, 0.3) is 10.8 Å². The number of phenols is 2. The van der Waals surface area contributed by atoms with E-state index in [1.54, 1.807) is 45.9 Å². The lowest BCUT2D eigenvalue weighted by Crippen LogP contribution is -2.44. The summed E-state index contributed by atoms with van der Waals surface area (Å²) >= 11 is 0. The molecule has 500 valence electrons. The highest BCUT2D eigenvalue weighted by Crippen LogP contribution is 2.61. The standard InChI is InChI=1S/C63H93N5O20P2/c1-14-39(7)84-34-85-46(70)22-21-45(69)83-31-29-67(26-16-15-20-48(89(77,78)79)90(80,81)82)33-47(71)87-58-37(5)18-17-19-38(6)61(76)64-54-53-52(65-63(66-53)24-27-68(28-25-63)32-35(2)3)49-50(57(54)74)56(73)44(12)59-51(49)60(75)62(13,88-59)86-30-23-36(4)40(8)41(9)42(10)55(72)43(58)11/h17-19,23,30,35-37,40-43,48,55,58,72-74H,7,14-16,20-22,24-29,31-34H2,1-6,8-13H3,(H,64,76)(H2,77,78,79)(H2,80,81,82)/b18-17+,30-23+,38-19-/t36-,37-,40+,41+,42-,43-,55-,58-,62-/m0/s1. The zero-order valence-electron chi connectivity index (χ0n) is 53.8. The van der Waals surface area contributed by atoms with Crippen molar-refractivity contribution in [2.45, 2.75) is 164 Å². The first kappa shape index (κ1) is 73.0. The van der Waals surface area contributed by atoms with Crippen LogP contribution in [-0.4, -0.2) is 156 Å². The smallest absolute Gasteiger partial charge is 0.340 e. The molecule has 7 rings (SSSR count). The third-order valence-electron chi connectivity index (χ3n) is 18.0. The molecule has 2 aromatic rings. The maximum Gasteiger partial charge on any atom is 0.340 e. The van der Waals surface area contributed by atoms with Crippen molar-refractivity contribution in [2.75, 3.05) is 58.0 Å². The number of aliphatic hydroxyl groups excluding tert-OH is 1. The van der Waals surface area contributed by atoms with Crippen LogP contribution in [-0.2, 0) is 52.0 Å². The highest BCUT2D eigenvalue weighted by molar-refractivity contribution is 7.70. The predicted molar refractivity (Wildman–Crippen MR) is 333 cm³/mol. The maximum atomic E-state index is 14.9. The molecule has 0 aromatic heterocycles. The molecule has 1 amide bonds. The molecule has 25 nitrogen and oxygen atoms in total. The van der Waals surface area contributed by atoms with Crippen molar-refractivity contribution in [3.05, 3.63) is 70.3 Å². The number of hydrogen-bond acceptors (Lipinski definition) is 20. The Hall–Kier alpha value is -6.01. The van der Waals surface area contributed by atoms with E-state index in [0.717, 1.165) is 6.54 Å². The molecule has 0 unspecified atom stereocenters. The molecule has 27 heteroatoms. The van der Waals surface area contributed by atoms with Crippen molar-refractivity contribution in [1.29, 1.82) is 0 Å². The molecule has 90 heavy (non-hydrogen) atoms. The number of unbranched alkanes of at least 4 members (excludes halogenated alkanes) is 1. The van der Waals surface area contributed by atoms with Gasteiger partial charge in [0.05, 0.1) is 53.8 Å². The Balaban J connectivity index is 1.33. The number of anilines is 1. The van der Waals surface area contributed by atoms with Crippen molar-refractivity contribution in [2.24, 2.45) is 51.4 Å². The van der Waals surface area contributed by atoms with Crippen molar-refractivity contribution < 1.29 is 96.4 Å². The number of hydrogen-bond donors (Lipinski definition) is 8. The molecular weight excluding hydrogens is 1210 g/mol. The first-order valence-corrected chi connectivity index (χ1v) is 34.2. The number of ketones is 1. The van der Waals surface area contributed by atoms with Crippen LogP contribution in [0.15, 0.2) is 58.5 Å². The zero-order valence-corrected chi connectivity index (χ0v) is 55.6. The van der Waals surface area contributed by atoms with Crippen LogP contribution in [0, 0.1) is 48.3 Å². The molecule has 9 atom stereocenters. The van der Waals surface area contributed by atoms with Crippen LogP contribution in [0.1, 0.15) is 143 Å². The SMILES string of the molecule is C=C(CC)OCOC(=O)CCC(=O)OCCN(CCCCC(P(=O)(O)O)P(=O)(O)O)CC(=O)O[C@@H]1[C@@H](C)[C@@H](O)[C@@H](C)[C@H](C)[C@H](C)[C@@H](C)/C=C/O[C@@]2(C)Oc3c(C)c(O)c4c(O)c(c5c(c4c3C2=O)=NC2(CCN(CC(C)C)CC2)N=5)NC(=O)/C(C)=C\C=C\[C@@H]1C. The van der Waals surface area contributed by atoms with Gasteiger partial charge in [0.2, 0.25) is 6.79 Å². The topological polar surface area (TPSA) is 360 Å². The molecule has 0 saturated carbocycles. The van der Waals surface area contributed by atoms with Crippen LogP contribution in [0.3, 0.4) is 0 Å². The predicted octanol–water partition coefficient (Wildman–Crippen LogP) is 7.54. The van der Waals surface area contributed by atoms with Crippen LogP contribution >= 0.6 is 15.2 Å². The van der Waals surface area contributed by atoms with E-state index in [-0.39, 0.29) is 120 Å². The number of nitrogens with zero attached hydrogens (tertiary/aromatic N) is 4. The first-order valence-electron chi connectivity index (χ1n) is 30.9. The van der Waals surface area contributed by atoms with Gasteiger partial charge in [-0.1, -0.05) is 93.5 Å². The zero-order chi connectivity index (χ0) is 67.0. The minimum absolute atomic E-state index is 0.00238. The average molecular weight is 1300 g/mol. The summed E-state index contributed by atoms with van der Waals surface area (Å²) in [5.41, 5.74) is -0.835. The lowest BCUT2D eigenvalue weighted by Gasteiger charge is -2.38. The summed E-state index contributed by atoms with van der Waals surface area (Å²) in [5.74, 6) is -7.95. The van der Waals surface area contributed by atoms with Crippen molar-refractivity contribution in [3.63, 3.8) is 0 Å². The minimum atomic E-state index is -5.22. The second kappa shape index (κ2) is 30.6. The van der Waals surface area contributed by atoms with E-state index in [0.29, 0.717) is 44.0 Å². The van der Waals surface area contributed by atoms with Gasteiger partial charge < -0.3 is 73.5 Å². The number of allylic oxidation sites excluding steroid dienone is 4. The van der Waals surface area contributed by atoms with Gasteiger partial charge in [-0.05, 0) is 68.9 Å². The lowest BCUT2D eigenvalue weighted by atomic mass is 9.72. The number of rotatable bonds is 22.